The average molecular weight is 213 g/mol. The molecule has 0 spiro atoms. The van der Waals surface area contributed by atoms with Crippen molar-refractivity contribution in [3.63, 3.8) is 0 Å². The van der Waals surface area contributed by atoms with Crippen molar-refractivity contribution < 1.29 is 0 Å². The molecule has 0 aliphatic carbocycles. The van der Waals surface area contributed by atoms with Crippen molar-refractivity contribution >= 4 is 5.69 Å². The van der Waals surface area contributed by atoms with Crippen LogP contribution in [0, 0.1) is 35.5 Å². The predicted molar refractivity (Wildman–Crippen MR) is 63.9 cm³/mol. The molecule has 0 radical (unpaired) electrons. The maximum atomic E-state index is 8.82. The van der Waals surface area contributed by atoms with E-state index in [2.05, 4.69) is 12.1 Å². The molecule has 0 bridgehead atoms. The zero-order chi connectivity index (χ0) is 12.1. The van der Waals surface area contributed by atoms with Crippen molar-refractivity contribution in [2.75, 3.05) is 18.5 Å². The van der Waals surface area contributed by atoms with E-state index in [0.717, 1.165) is 11.3 Å². The minimum atomic E-state index is 0.000879. The van der Waals surface area contributed by atoms with Crippen molar-refractivity contribution in [2.45, 2.75) is 13.8 Å². The van der Waals surface area contributed by atoms with Crippen LogP contribution in [0.4, 0.5) is 5.69 Å². The van der Waals surface area contributed by atoms with Gasteiger partial charge in [-0.1, -0.05) is 0 Å². The first-order valence-electron chi connectivity index (χ1n) is 5.20. The molecule has 1 aromatic carbocycles. The van der Waals surface area contributed by atoms with Crippen LogP contribution in [-0.2, 0) is 0 Å². The van der Waals surface area contributed by atoms with Gasteiger partial charge in [0.05, 0.1) is 23.6 Å². The quantitative estimate of drug-likeness (QED) is 0.775. The molecular weight excluding hydrogens is 198 g/mol. The molecule has 0 aliphatic heterocycles. The summed E-state index contributed by atoms with van der Waals surface area (Å²) in [6.07, 6.45) is 0. The first kappa shape index (κ1) is 12.1. The van der Waals surface area contributed by atoms with E-state index >= 15 is 0 Å². The molecule has 1 unspecified atom stereocenters. The third kappa shape index (κ3) is 2.74. The standard InChI is InChI=1S/C13H15N3/c1-10(7-14)9-16(3)13-5-4-12(8-15)11(2)6-13/h4-6,10H,9H2,1-3H3. The smallest absolute Gasteiger partial charge is 0.0994 e. The molecule has 0 heterocycles. The monoisotopic (exact) mass is 213 g/mol. The van der Waals surface area contributed by atoms with Gasteiger partial charge >= 0.3 is 0 Å². The Morgan fingerprint density at radius 2 is 2.06 bits per heavy atom. The van der Waals surface area contributed by atoms with Crippen molar-refractivity contribution in [3.8, 4) is 12.1 Å². The molecule has 0 amide bonds. The lowest BCUT2D eigenvalue weighted by Crippen LogP contribution is -2.23. The number of nitriles is 2. The zero-order valence-electron chi connectivity index (χ0n) is 9.86. The third-order valence-electron chi connectivity index (χ3n) is 2.54. The Balaban J connectivity index is 2.86. The fraction of sp³-hybridized carbons (Fsp3) is 0.385. The van der Waals surface area contributed by atoms with Crippen LogP contribution in [0.25, 0.3) is 0 Å². The summed E-state index contributed by atoms with van der Waals surface area (Å²) >= 11 is 0. The molecule has 0 aromatic heterocycles. The van der Waals surface area contributed by atoms with E-state index in [1.54, 1.807) is 0 Å². The molecule has 0 aliphatic rings. The highest BCUT2D eigenvalue weighted by Crippen LogP contribution is 2.18. The number of benzene rings is 1. The summed E-state index contributed by atoms with van der Waals surface area (Å²) in [4.78, 5) is 2.03. The number of hydrogen-bond donors (Lipinski definition) is 0. The Morgan fingerprint density at radius 1 is 1.38 bits per heavy atom. The summed E-state index contributed by atoms with van der Waals surface area (Å²) in [6, 6.07) is 10.1. The largest absolute Gasteiger partial charge is 0.373 e. The first-order chi connectivity index (χ1) is 7.58. The normalized spacial score (nSPS) is 11.3. The fourth-order valence-electron chi connectivity index (χ4n) is 1.57. The van der Waals surface area contributed by atoms with E-state index in [4.69, 9.17) is 10.5 Å². The Hall–Kier alpha value is -2.00. The van der Waals surface area contributed by atoms with Gasteiger partial charge in [-0.2, -0.15) is 10.5 Å². The lowest BCUT2D eigenvalue weighted by Gasteiger charge is -2.21. The van der Waals surface area contributed by atoms with E-state index in [1.165, 1.54) is 0 Å². The molecule has 1 aromatic rings. The summed E-state index contributed by atoms with van der Waals surface area (Å²) in [5.41, 5.74) is 2.71. The lowest BCUT2D eigenvalue weighted by atomic mass is 10.1. The topological polar surface area (TPSA) is 50.8 Å². The maximum absolute atomic E-state index is 8.82. The van der Waals surface area contributed by atoms with Crippen LogP contribution in [0.1, 0.15) is 18.1 Å². The van der Waals surface area contributed by atoms with Gasteiger partial charge in [-0.15, -0.1) is 0 Å². The first-order valence-corrected chi connectivity index (χ1v) is 5.20. The number of rotatable bonds is 3. The highest BCUT2D eigenvalue weighted by Gasteiger charge is 2.07. The van der Waals surface area contributed by atoms with Gasteiger partial charge in [-0.25, -0.2) is 0 Å². The van der Waals surface area contributed by atoms with Crippen molar-refractivity contribution in [3.05, 3.63) is 29.3 Å². The van der Waals surface area contributed by atoms with Crippen LogP contribution >= 0.6 is 0 Å². The van der Waals surface area contributed by atoms with E-state index in [-0.39, 0.29) is 5.92 Å². The Morgan fingerprint density at radius 3 is 2.56 bits per heavy atom. The number of anilines is 1. The number of nitrogens with zero attached hydrogens (tertiary/aromatic N) is 3. The second-order valence-electron chi connectivity index (χ2n) is 4.02. The molecule has 0 saturated heterocycles. The summed E-state index contributed by atoms with van der Waals surface area (Å²) in [7, 11) is 1.95. The van der Waals surface area contributed by atoms with E-state index in [1.807, 2.05) is 44.0 Å². The molecule has 16 heavy (non-hydrogen) atoms. The third-order valence-corrected chi connectivity index (χ3v) is 2.54. The fourth-order valence-corrected chi connectivity index (χ4v) is 1.57. The highest BCUT2D eigenvalue weighted by atomic mass is 15.1. The maximum Gasteiger partial charge on any atom is 0.0994 e. The van der Waals surface area contributed by atoms with Gasteiger partial charge in [0.25, 0.3) is 0 Å². The number of hydrogen-bond acceptors (Lipinski definition) is 3. The van der Waals surface area contributed by atoms with Gasteiger partial charge < -0.3 is 4.90 Å². The van der Waals surface area contributed by atoms with Crippen molar-refractivity contribution in [1.82, 2.24) is 0 Å². The molecule has 0 N–H and O–H groups in total. The second kappa shape index (κ2) is 5.19. The summed E-state index contributed by atoms with van der Waals surface area (Å²) in [5.74, 6) is 0.000879. The van der Waals surface area contributed by atoms with Crippen molar-refractivity contribution in [1.29, 1.82) is 10.5 Å². The summed E-state index contributed by atoms with van der Waals surface area (Å²) in [5, 5.41) is 17.6. The van der Waals surface area contributed by atoms with Gasteiger partial charge in [0.15, 0.2) is 0 Å². The van der Waals surface area contributed by atoms with Crippen LogP contribution in [0.2, 0.25) is 0 Å². The minimum Gasteiger partial charge on any atom is -0.373 e. The Kier molecular flexibility index (Phi) is 3.91. The lowest BCUT2D eigenvalue weighted by molar-refractivity contribution is 0.716. The molecule has 3 heteroatoms. The SMILES string of the molecule is Cc1cc(N(C)CC(C)C#N)ccc1C#N. The van der Waals surface area contributed by atoms with Crippen LogP contribution in [0.3, 0.4) is 0 Å². The molecule has 1 rings (SSSR count). The molecule has 3 nitrogen and oxygen atoms in total. The zero-order valence-corrected chi connectivity index (χ0v) is 9.86. The highest BCUT2D eigenvalue weighted by molar-refractivity contribution is 5.53. The van der Waals surface area contributed by atoms with Crippen LogP contribution in [0.15, 0.2) is 18.2 Å². The summed E-state index contributed by atoms with van der Waals surface area (Å²) in [6.45, 7) is 4.51. The van der Waals surface area contributed by atoms with Crippen LogP contribution in [-0.4, -0.2) is 13.6 Å². The van der Waals surface area contributed by atoms with Gasteiger partial charge in [-0.05, 0) is 37.6 Å². The number of aryl methyl sites for hydroxylation is 1. The van der Waals surface area contributed by atoms with Gasteiger partial charge in [0.2, 0.25) is 0 Å². The Bertz CT molecular complexity index is 451. The molecular formula is C13H15N3. The van der Waals surface area contributed by atoms with Gasteiger partial charge in [0, 0.05) is 19.3 Å². The van der Waals surface area contributed by atoms with Crippen LogP contribution in [0.5, 0.6) is 0 Å². The predicted octanol–water partition coefficient (Wildman–Crippen LogP) is 2.46. The minimum absolute atomic E-state index is 0.000879. The van der Waals surface area contributed by atoms with Crippen LogP contribution < -0.4 is 4.90 Å². The van der Waals surface area contributed by atoms with E-state index in [0.29, 0.717) is 12.1 Å². The van der Waals surface area contributed by atoms with E-state index in [9.17, 15) is 0 Å². The van der Waals surface area contributed by atoms with E-state index < -0.39 is 0 Å². The molecule has 1 atom stereocenters. The second-order valence-corrected chi connectivity index (χ2v) is 4.02. The Labute approximate surface area is 96.5 Å². The molecule has 82 valence electrons. The summed E-state index contributed by atoms with van der Waals surface area (Å²) < 4.78 is 0. The van der Waals surface area contributed by atoms with Crippen molar-refractivity contribution in [2.24, 2.45) is 5.92 Å². The molecule has 0 fully saturated rings. The van der Waals surface area contributed by atoms with Gasteiger partial charge in [0.1, 0.15) is 0 Å². The average Bonchev–Trinajstić information content (AvgIpc) is 2.28. The van der Waals surface area contributed by atoms with Gasteiger partial charge in [-0.3, -0.25) is 0 Å². The molecule has 0 saturated carbocycles.